The summed E-state index contributed by atoms with van der Waals surface area (Å²) in [6, 6.07) is 0.214. The molecule has 5 aliphatic carbocycles. The van der Waals surface area contributed by atoms with Gasteiger partial charge in [-0.25, -0.2) is 0 Å². The van der Waals surface area contributed by atoms with Gasteiger partial charge in [0.15, 0.2) is 6.10 Å². The molecule has 146 valence electrons. The maximum atomic E-state index is 13.0. The minimum Gasteiger partial charge on any atom is -0.452 e. The van der Waals surface area contributed by atoms with Gasteiger partial charge in [-0.1, -0.05) is 25.7 Å². The summed E-state index contributed by atoms with van der Waals surface area (Å²) in [6.07, 6.45) is 11.0. The number of hydrogen-bond acceptors (Lipinski definition) is 4. The molecule has 0 unspecified atom stereocenters. The Hall–Kier alpha value is -1.10. The Morgan fingerprint density at radius 1 is 1.04 bits per heavy atom. The predicted molar refractivity (Wildman–Crippen MR) is 97.3 cm³/mol. The summed E-state index contributed by atoms with van der Waals surface area (Å²) in [4.78, 5) is 25.5. The first-order valence-electron chi connectivity index (χ1n) is 10.6. The lowest BCUT2D eigenvalue weighted by molar-refractivity contribution is -0.200. The molecule has 5 nitrogen and oxygen atoms in total. The van der Waals surface area contributed by atoms with Crippen molar-refractivity contribution in [3.8, 4) is 0 Å². The lowest BCUT2D eigenvalue weighted by Crippen LogP contribution is -2.59. The Labute approximate surface area is 156 Å². The van der Waals surface area contributed by atoms with E-state index >= 15 is 0 Å². The van der Waals surface area contributed by atoms with Gasteiger partial charge in [-0.05, 0) is 70.1 Å². The second-order valence-electron chi connectivity index (χ2n) is 9.71. The first-order valence-corrected chi connectivity index (χ1v) is 10.6. The Kier molecular flexibility index (Phi) is 4.79. The van der Waals surface area contributed by atoms with E-state index in [1.165, 1.54) is 12.8 Å². The van der Waals surface area contributed by atoms with Crippen molar-refractivity contribution in [3.63, 3.8) is 0 Å². The summed E-state index contributed by atoms with van der Waals surface area (Å²) in [6.45, 7) is 1.68. The van der Waals surface area contributed by atoms with Gasteiger partial charge in [-0.2, -0.15) is 0 Å². The van der Waals surface area contributed by atoms with E-state index in [0.717, 1.165) is 57.8 Å². The van der Waals surface area contributed by atoms with E-state index in [2.05, 4.69) is 5.32 Å². The van der Waals surface area contributed by atoms with Crippen LogP contribution in [0.15, 0.2) is 0 Å². The third-order valence-electron chi connectivity index (χ3n) is 7.32. The molecule has 26 heavy (non-hydrogen) atoms. The number of aliphatic hydroxyl groups is 1. The molecule has 2 N–H and O–H groups in total. The minimum atomic E-state index is -0.756. The number of esters is 1. The van der Waals surface area contributed by atoms with Crippen molar-refractivity contribution < 1.29 is 19.4 Å². The molecule has 0 aromatic heterocycles. The monoisotopic (exact) mass is 363 g/mol. The molecule has 1 amide bonds. The van der Waals surface area contributed by atoms with E-state index in [4.69, 9.17) is 4.74 Å². The van der Waals surface area contributed by atoms with Crippen LogP contribution in [0.2, 0.25) is 0 Å². The van der Waals surface area contributed by atoms with Gasteiger partial charge in [0.1, 0.15) is 0 Å². The van der Waals surface area contributed by atoms with Gasteiger partial charge in [-0.15, -0.1) is 0 Å². The number of rotatable bonds is 4. The highest BCUT2D eigenvalue weighted by molar-refractivity contribution is 5.85. The highest BCUT2D eigenvalue weighted by atomic mass is 16.5. The normalized spacial score (nSPS) is 40.7. The zero-order chi connectivity index (χ0) is 18.4. The number of ether oxygens (including phenoxy) is 1. The van der Waals surface area contributed by atoms with Crippen molar-refractivity contribution in [1.82, 2.24) is 5.32 Å². The number of nitrogens with one attached hydrogen (secondary N) is 1. The van der Waals surface area contributed by atoms with Crippen LogP contribution in [0.3, 0.4) is 0 Å². The second kappa shape index (κ2) is 6.81. The topological polar surface area (TPSA) is 75.6 Å². The summed E-state index contributed by atoms with van der Waals surface area (Å²) < 4.78 is 5.65. The first kappa shape index (κ1) is 18.3. The Balaban J connectivity index is 1.36. The van der Waals surface area contributed by atoms with Crippen molar-refractivity contribution in [3.05, 3.63) is 0 Å². The Morgan fingerprint density at radius 2 is 1.65 bits per heavy atom. The summed E-state index contributed by atoms with van der Waals surface area (Å²) in [7, 11) is 0. The zero-order valence-electron chi connectivity index (χ0n) is 16.0. The van der Waals surface area contributed by atoms with E-state index in [0.29, 0.717) is 18.3 Å². The SMILES string of the molecule is C[C@@H](OC(=O)C12C[C@@H]3C[C@H](CC(O)(C3)C1)C2)C(=O)NC1CCCCCC1. The fraction of sp³-hybridized carbons (Fsp3) is 0.905. The van der Waals surface area contributed by atoms with Crippen molar-refractivity contribution in [2.45, 2.75) is 102 Å². The van der Waals surface area contributed by atoms with Crippen LogP contribution in [-0.4, -0.2) is 34.7 Å². The van der Waals surface area contributed by atoms with Gasteiger partial charge in [0.2, 0.25) is 0 Å². The minimum absolute atomic E-state index is 0.173. The molecule has 0 aliphatic heterocycles. The molecule has 5 aliphatic rings. The van der Waals surface area contributed by atoms with Crippen LogP contribution in [0.1, 0.15) is 84.0 Å². The number of carbonyl (C=O) groups is 2. The van der Waals surface area contributed by atoms with E-state index in [1.54, 1.807) is 6.92 Å². The molecule has 5 heteroatoms. The molecule has 0 saturated heterocycles. The largest absolute Gasteiger partial charge is 0.452 e. The summed E-state index contributed by atoms with van der Waals surface area (Å²) in [5.41, 5.74) is -1.25. The van der Waals surface area contributed by atoms with Crippen molar-refractivity contribution >= 4 is 11.9 Å². The highest BCUT2D eigenvalue weighted by Gasteiger charge is 2.61. The first-order chi connectivity index (χ1) is 12.4. The molecule has 0 heterocycles. The van der Waals surface area contributed by atoms with Crippen molar-refractivity contribution in [2.24, 2.45) is 17.3 Å². The Morgan fingerprint density at radius 3 is 2.23 bits per heavy atom. The number of carbonyl (C=O) groups excluding carboxylic acids is 2. The fourth-order valence-corrected chi connectivity index (χ4v) is 6.53. The van der Waals surface area contributed by atoms with Crippen molar-refractivity contribution in [1.29, 1.82) is 0 Å². The van der Waals surface area contributed by atoms with E-state index in [-0.39, 0.29) is 17.9 Å². The molecule has 5 fully saturated rings. The predicted octanol–water partition coefficient (Wildman–Crippen LogP) is 3.09. The molecule has 3 atom stereocenters. The van der Waals surface area contributed by atoms with Crippen LogP contribution >= 0.6 is 0 Å². The maximum Gasteiger partial charge on any atom is 0.312 e. The smallest absolute Gasteiger partial charge is 0.312 e. The average molecular weight is 363 g/mol. The lowest BCUT2D eigenvalue weighted by Gasteiger charge is -2.58. The van der Waals surface area contributed by atoms with Crippen LogP contribution in [0.5, 0.6) is 0 Å². The standard InChI is InChI=1S/C21H33NO4/c1-14(18(23)22-17-6-4-2-3-5-7-17)26-19(24)20-9-15-8-16(10-20)12-21(25,11-15)13-20/h14-17,25H,2-13H2,1H3,(H,22,23)/t14-,15+,16+,20?,21?/m1/s1. The molecule has 0 aromatic rings. The average Bonchev–Trinajstić information content (AvgIpc) is 2.81. The molecule has 5 rings (SSSR count). The molecule has 0 radical (unpaired) electrons. The fourth-order valence-electron chi connectivity index (χ4n) is 6.53. The maximum absolute atomic E-state index is 13.0. The summed E-state index contributed by atoms with van der Waals surface area (Å²) in [5.74, 6) is 0.440. The Bertz CT molecular complexity index is 552. The summed E-state index contributed by atoms with van der Waals surface area (Å²) >= 11 is 0. The van der Waals surface area contributed by atoms with E-state index < -0.39 is 17.1 Å². The van der Waals surface area contributed by atoms with Gasteiger partial charge >= 0.3 is 5.97 Å². The van der Waals surface area contributed by atoms with Gasteiger partial charge in [0.05, 0.1) is 11.0 Å². The highest BCUT2D eigenvalue weighted by Crippen LogP contribution is 2.62. The van der Waals surface area contributed by atoms with Gasteiger partial charge in [-0.3, -0.25) is 9.59 Å². The van der Waals surface area contributed by atoms with Crippen LogP contribution in [0, 0.1) is 17.3 Å². The summed E-state index contributed by atoms with van der Waals surface area (Å²) in [5, 5.41) is 13.9. The molecule has 0 aromatic carbocycles. The molecule has 4 bridgehead atoms. The van der Waals surface area contributed by atoms with Crippen molar-refractivity contribution in [2.75, 3.05) is 0 Å². The van der Waals surface area contributed by atoms with E-state index in [1.807, 2.05) is 0 Å². The third-order valence-corrected chi connectivity index (χ3v) is 7.32. The van der Waals surface area contributed by atoms with Gasteiger partial charge in [0, 0.05) is 6.04 Å². The van der Waals surface area contributed by atoms with Crippen LogP contribution in [-0.2, 0) is 14.3 Å². The zero-order valence-corrected chi connectivity index (χ0v) is 16.0. The van der Waals surface area contributed by atoms with Gasteiger partial charge in [0.25, 0.3) is 5.91 Å². The third kappa shape index (κ3) is 3.51. The molecule has 0 spiro atoms. The van der Waals surface area contributed by atoms with E-state index in [9.17, 15) is 14.7 Å². The quantitative estimate of drug-likeness (QED) is 0.594. The second-order valence-corrected chi connectivity index (χ2v) is 9.71. The lowest BCUT2D eigenvalue weighted by atomic mass is 9.48. The number of amides is 1. The van der Waals surface area contributed by atoms with Crippen LogP contribution in [0.4, 0.5) is 0 Å². The van der Waals surface area contributed by atoms with Crippen LogP contribution < -0.4 is 5.32 Å². The van der Waals surface area contributed by atoms with Gasteiger partial charge < -0.3 is 15.2 Å². The van der Waals surface area contributed by atoms with Crippen LogP contribution in [0.25, 0.3) is 0 Å². The molecular formula is C21H33NO4. The molecule has 5 saturated carbocycles. The number of hydrogen-bond donors (Lipinski definition) is 2. The molecular weight excluding hydrogens is 330 g/mol.